The Bertz CT molecular complexity index is 1180. The molecule has 0 bridgehead atoms. The van der Waals surface area contributed by atoms with Gasteiger partial charge in [-0.3, -0.25) is 4.79 Å². The van der Waals surface area contributed by atoms with Gasteiger partial charge in [-0.1, -0.05) is 12.1 Å². The summed E-state index contributed by atoms with van der Waals surface area (Å²) in [5, 5.41) is 5.90. The van der Waals surface area contributed by atoms with Crippen LogP contribution in [0.25, 0.3) is 0 Å². The lowest BCUT2D eigenvalue weighted by Gasteiger charge is -2.38. The number of ether oxygens (including phenoxy) is 2. The molecule has 0 atom stereocenters. The normalized spacial score (nSPS) is 13.7. The molecule has 1 fully saturated rings. The predicted molar refractivity (Wildman–Crippen MR) is 118 cm³/mol. The number of aromatic nitrogens is 3. The van der Waals surface area contributed by atoms with Gasteiger partial charge >= 0.3 is 6.36 Å². The zero-order chi connectivity index (χ0) is 24.3. The van der Waals surface area contributed by atoms with Crippen LogP contribution in [0.15, 0.2) is 48.8 Å². The molecule has 9 nitrogen and oxygen atoms in total. The van der Waals surface area contributed by atoms with Crippen LogP contribution in [0.4, 0.5) is 36.4 Å². The number of nitrogens with zero attached hydrogens (tertiary/aromatic N) is 4. The maximum atomic E-state index is 12.4. The summed E-state index contributed by atoms with van der Waals surface area (Å²) in [7, 11) is 0. The van der Waals surface area contributed by atoms with Crippen LogP contribution in [0.5, 0.6) is 11.5 Å². The fourth-order valence-corrected chi connectivity index (χ4v) is 3.33. The Morgan fingerprint density at radius 2 is 1.79 bits per heavy atom. The van der Waals surface area contributed by atoms with Gasteiger partial charge in [0.2, 0.25) is 17.8 Å². The minimum Gasteiger partial charge on any atom is -0.487 e. The number of anilines is 4. The van der Waals surface area contributed by atoms with Crippen molar-refractivity contribution in [3.05, 3.63) is 54.4 Å². The molecule has 2 N–H and O–H groups in total. The molecule has 178 valence electrons. The highest BCUT2D eigenvalue weighted by atomic mass is 19.4. The number of carbonyl (C=O) groups is 1. The number of carbonyl (C=O) groups excluding carboxylic acids is 1. The molecule has 0 aliphatic carbocycles. The van der Waals surface area contributed by atoms with Gasteiger partial charge in [-0.15, -0.1) is 13.2 Å². The third kappa shape index (κ3) is 5.82. The van der Waals surface area contributed by atoms with E-state index in [9.17, 15) is 18.0 Å². The van der Waals surface area contributed by atoms with E-state index in [4.69, 9.17) is 4.74 Å². The lowest BCUT2D eigenvalue weighted by Crippen LogP contribution is -2.54. The predicted octanol–water partition coefficient (Wildman–Crippen LogP) is 4.05. The van der Waals surface area contributed by atoms with Gasteiger partial charge in [0.25, 0.3) is 0 Å². The summed E-state index contributed by atoms with van der Waals surface area (Å²) in [6.45, 7) is 4.20. The Hall–Kier alpha value is -4.09. The van der Waals surface area contributed by atoms with Gasteiger partial charge in [-0.25, -0.2) is 9.97 Å². The minimum absolute atomic E-state index is 0.170. The molecular formula is C22H21F3N6O3. The van der Waals surface area contributed by atoms with Crippen molar-refractivity contribution < 1.29 is 27.4 Å². The highest BCUT2D eigenvalue weighted by molar-refractivity contribution is 5.90. The Morgan fingerprint density at radius 1 is 1.09 bits per heavy atom. The molecular weight excluding hydrogens is 453 g/mol. The second-order valence-electron chi connectivity index (χ2n) is 7.56. The van der Waals surface area contributed by atoms with E-state index in [1.54, 1.807) is 18.2 Å². The van der Waals surface area contributed by atoms with Crippen molar-refractivity contribution in [2.75, 3.05) is 28.6 Å². The van der Waals surface area contributed by atoms with Crippen molar-refractivity contribution >= 4 is 29.2 Å². The summed E-state index contributed by atoms with van der Waals surface area (Å²) in [4.78, 5) is 26.0. The molecule has 34 heavy (non-hydrogen) atoms. The Morgan fingerprint density at radius 3 is 2.53 bits per heavy atom. The Kier molecular flexibility index (Phi) is 6.39. The number of benzene rings is 2. The van der Waals surface area contributed by atoms with E-state index in [1.165, 1.54) is 31.5 Å². The number of rotatable bonds is 7. The molecule has 2 heterocycles. The zero-order valence-electron chi connectivity index (χ0n) is 18.3. The van der Waals surface area contributed by atoms with Crippen LogP contribution >= 0.6 is 0 Å². The lowest BCUT2D eigenvalue weighted by atomic mass is 10.1. The third-order valence-electron chi connectivity index (χ3n) is 4.92. The highest BCUT2D eigenvalue weighted by Gasteiger charge is 2.32. The molecule has 4 rings (SSSR count). The summed E-state index contributed by atoms with van der Waals surface area (Å²) >= 11 is 0. The first-order chi connectivity index (χ1) is 16.2. The van der Waals surface area contributed by atoms with Crippen LogP contribution < -0.4 is 25.0 Å². The van der Waals surface area contributed by atoms with Crippen LogP contribution in [-0.2, 0) is 4.79 Å². The zero-order valence-corrected chi connectivity index (χ0v) is 18.3. The van der Waals surface area contributed by atoms with E-state index < -0.39 is 6.36 Å². The molecule has 0 spiro atoms. The molecule has 1 saturated heterocycles. The van der Waals surface area contributed by atoms with E-state index in [2.05, 4.69) is 30.3 Å². The topological polar surface area (TPSA) is 102 Å². The quantitative estimate of drug-likeness (QED) is 0.529. The standard InChI is InChI=1S/C22H21F3N6O3/c1-13-18(28-14(2)32)7-4-8-19(13)29-20-26-12-27-21(30-20)31-10-17(11-31)33-15-5-3-6-16(9-15)34-22(23,24)25/h3-9,12,17H,10-11H2,1-2H3,(H,28,32)(H,26,27,29,30). The first kappa shape index (κ1) is 23.1. The molecule has 0 unspecified atom stereocenters. The molecule has 1 aliphatic rings. The van der Waals surface area contributed by atoms with Gasteiger partial charge in [0.1, 0.15) is 23.9 Å². The van der Waals surface area contributed by atoms with Gasteiger partial charge in [0.15, 0.2) is 0 Å². The molecule has 1 amide bonds. The molecule has 1 aliphatic heterocycles. The summed E-state index contributed by atoms with van der Waals surface area (Å²) in [6.07, 6.45) is -3.63. The van der Waals surface area contributed by atoms with Gasteiger partial charge in [-0.05, 0) is 36.8 Å². The molecule has 12 heteroatoms. The first-order valence-electron chi connectivity index (χ1n) is 10.3. The number of halogens is 3. The van der Waals surface area contributed by atoms with E-state index >= 15 is 0 Å². The van der Waals surface area contributed by atoms with Crippen LogP contribution in [-0.4, -0.2) is 46.4 Å². The van der Waals surface area contributed by atoms with Crippen LogP contribution in [0.3, 0.4) is 0 Å². The number of nitrogens with one attached hydrogen (secondary N) is 2. The molecule has 3 aromatic rings. The molecule has 0 radical (unpaired) electrons. The second-order valence-corrected chi connectivity index (χ2v) is 7.56. The van der Waals surface area contributed by atoms with E-state index in [1.807, 2.05) is 17.9 Å². The smallest absolute Gasteiger partial charge is 0.487 e. The first-order valence-corrected chi connectivity index (χ1v) is 10.3. The maximum absolute atomic E-state index is 12.4. The van der Waals surface area contributed by atoms with Crippen molar-refractivity contribution in [1.82, 2.24) is 15.0 Å². The van der Waals surface area contributed by atoms with Crippen LogP contribution in [0.1, 0.15) is 12.5 Å². The monoisotopic (exact) mass is 474 g/mol. The number of amides is 1. The highest BCUT2D eigenvalue weighted by Crippen LogP contribution is 2.29. The molecule has 2 aromatic carbocycles. The second kappa shape index (κ2) is 9.41. The maximum Gasteiger partial charge on any atom is 0.573 e. The van der Waals surface area contributed by atoms with Gasteiger partial charge < -0.3 is 25.0 Å². The summed E-state index contributed by atoms with van der Waals surface area (Å²) in [6, 6.07) is 10.8. The average Bonchev–Trinajstić information content (AvgIpc) is 2.72. The van der Waals surface area contributed by atoms with E-state index in [0.29, 0.717) is 30.7 Å². The van der Waals surface area contributed by atoms with Crippen molar-refractivity contribution in [2.24, 2.45) is 0 Å². The Labute approximate surface area is 192 Å². The lowest BCUT2D eigenvalue weighted by molar-refractivity contribution is -0.274. The van der Waals surface area contributed by atoms with Crippen LogP contribution in [0, 0.1) is 6.92 Å². The van der Waals surface area contributed by atoms with Crippen molar-refractivity contribution in [2.45, 2.75) is 26.3 Å². The summed E-state index contributed by atoms with van der Waals surface area (Å²) in [5.74, 6) is 0.527. The summed E-state index contributed by atoms with van der Waals surface area (Å²) in [5.41, 5.74) is 2.24. The number of hydrogen-bond acceptors (Lipinski definition) is 8. The van der Waals surface area contributed by atoms with Crippen molar-refractivity contribution in [1.29, 1.82) is 0 Å². The van der Waals surface area contributed by atoms with Crippen molar-refractivity contribution in [3.63, 3.8) is 0 Å². The van der Waals surface area contributed by atoms with Crippen molar-refractivity contribution in [3.8, 4) is 11.5 Å². The van der Waals surface area contributed by atoms with Gasteiger partial charge in [-0.2, -0.15) is 4.98 Å². The minimum atomic E-state index is -4.76. The van der Waals surface area contributed by atoms with E-state index in [-0.39, 0.29) is 23.5 Å². The number of hydrogen-bond donors (Lipinski definition) is 2. The Balaban J connectivity index is 1.36. The average molecular weight is 474 g/mol. The van der Waals surface area contributed by atoms with Gasteiger partial charge in [0.05, 0.1) is 13.1 Å². The molecule has 1 aromatic heterocycles. The van der Waals surface area contributed by atoms with Crippen LogP contribution in [0.2, 0.25) is 0 Å². The SMILES string of the molecule is CC(=O)Nc1cccc(Nc2ncnc(N3CC(Oc4cccc(OC(F)(F)F)c4)C3)n2)c1C. The molecule has 0 saturated carbocycles. The summed E-state index contributed by atoms with van der Waals surface area (Å²) < 4.78 is 46.9. The third-order valence-corrected chi connectivity index (χ3v) is 4.92. The van der Waals surface area contributed by atoms with E-state index in [0.717, 1.165) is 11.3 Å². The fraction of sp³-hybridized carbons (Fsp3) is 0.273. The van der Waals surface area contributed by atoms with Gasteiger partial charge in [0, 0.05) is 24.4 Å². The largest absolute Gasteiger partial charge is 0.573 e. The number of alkyl halides is 3. The fourth-order valence-electron chi connectivity index (χ4n) is 3.33.